The van der Waals surface area contributed by atoms with Crippen molar-refractivity contribution in [2.45, 2.75) is 12.8 Å². The molecule has 2 heterocycles. The zero-order valence-corrected chi connectivity index (χ0v) is 13.9. The molecule has 4 nitrogen and oxygen atoms in total. The molecule has 0 aromatic heterocycles. The first kappa shape index (κ1) is 14.3. The van der Waals surface area contributed by atoms with Crippen molar-refractivity contribution in [2.75, 3.05) is 45.1 Å². The Hall–Kier alpha value is -0.660. The Bertz CT molecular complexity index is 524. The number of amides is 1. The summed E-state index contributed by atoms with van der Waals surface area (Å²) in [6, 6.07) is 4.32. The third-order valence-corrected chi connectivity index (χ3v) is 5.19. The van der Waals surface area contributed by atoms with Crippen LogP contribution in [0.4, 0.5) is 5.69 Å². The first-order chi connectivity index (χ1) is 9.61. The summed E-state index contributed by atoms with van der Waals surface area (Å²) in [5, 5.41) is 2.92. The number of hydrogen-bond donors (Lipinski definition) is 1. The Morgan fingerprint density at radius 1 is 1.25 bits per heavy atom. The number of carbonyl (C=O) groups is 1. The van der Waals surface area contributed by atoms with Gasteiger partial charge in [0.2, 0.25) is 5.91 Å². The van der Waals surface area contributed by atoms with Crippen molar-refractivity contribution in [3.63, 3.8) is 0 Å². The first-order valence-corrected chi connectivity index (χ1v) is 8.22. The number of fused-ring (bicyclic) bond motifs is 1. The maximum absolute atomic E-state index is 11.4. The van der Waals surface area contributed by atoms with Gasteiger partial charge in [0.25, 0.3) is 0 Å². The van der Waals surface area contributed by atoms with Crippen molar-refractivity contribution < 1.29 is 4.79 Å². The summed E-state index contributed by atoms with van der Waals surface area (Å²) in [4.78, 5) is 16.3. The molecule has 2 aliphatic heterocycles. The van der Waals surface area contributed by atoms with Gasteiger partial charge in [-0.2, -0.15) is 0 Å². The molecule has 0 bridgehead atoms. The van der Waals surface area contributed by atoms with Crippen LogP contribution in [0.25, 0.3) is 0 Å². The molecule has 1 aromatic rings. The van der Waals surface area contributed by atoms with Crippen LogP contribution in [0.1, 0.15) is 11.1 Å². The predicted octanol–water partition coefficient (Wildman–Crippen LogP) is 1.58. The molecule has 0 atom stereocenters. The molecule has 0 saturated carbocycles. The number of rotatable bonds is 3. The summed E-state index contributed by atoms with van der Waals surface area (Å²) in [7, 11) is 2.19. The lowest BCUT2D eigenvalue weighted by Gasteiger charge is -2.32. The second-order valence-corrected chi connectivity index (χ2v) is 6.88. The zero-order chi connectivity index (χ0) is 14.1. The Labute approximate surface area is 133 Å². The van der Waals surface area contributed by atoms with Gasteiger partial charge in [-0.15, -0.1) is 0 Å². The van der Waals surface area contributed by atoms with Gasteiger partial charge in [-0.1, -0.05) is 6.07 Å². The van der Waals surface area contributed by atoms with Crippen LogP contribution in [0, 0.1) is 3.57 Å². The third-order valence-electron chi connectivity index (χ3n) is 4.19. The van der Waals surface area contributed by atoms with Gasteiger partial charge in [0.15, 0.2) is 0 Å². The van der Waals surface area contributed by atoms with Crippen LogP contribution in [0.15, 0.2) is 12.1 Å². The topological polar surface area (TPSA) is 35.6 Å². The molecule has 0 spiro atoms. The fourth-order valence-corrected chi connectivity index (χ4v) is 3.58. The standard InChI is InChI=1S/C15H20IN3O/c1-18-4-6-19(7-5-18)3-2-11-8-12-9-15(20)17-14(12)10-13(11)16/h8,10H,2-7,9H2,1H3,(H,17,20). The van der Waals surface area contributed by atoms with Crippen LogP contribution < -0.4 is 5.32 Å². The average Bonchev–Trinajstić information content (AvgIpc) is 2.77. The lowest BCUT2D eigenvalue weighted by molar-refractivity contribution is -0.115. The van der Waals surface area contributed by atoms with Gasteiger partial charge in [-0.3, -0.25) is 4.79 Å². The highest BCUT2D eigenvalue weighted by Crippen LogP contribution is 2.28. The molecule has 1 amide bonds. The lowest BCUT2D eigenvalue weighted by Crippen LogP contribution is -2.45. The maximum atomic E-state index is 11.4. The smallest absolute Gasteiger partial charge is 0.228 e. The number of nitrogens with one attached hydrogen (secondary N) is 1. The Morgan fingerprint density at radius 3 is 2.75 bits per heavy atom. The van der Waals surface area contributed by atoms with E-state index < -0.39 is 0 Å². The van der Waals surface area contributed by atoms with Crippen LogP contribution >= 0.6 is 22.6 Å². The van der Waals surface area contributed by atoms with Crippen molar-refractivity contribution >= 4 is 34.2 Å². The van der Waals surface area contributed by atoms with E-state index in [1.54, 1.807) is 0 Å². The van der Waals surface area contributed by atoms with Gasteiger partial charge in [0.1, 0.15) is 0 Å². The van der Waals surface area contributed by atoms with Crippen LogP contribution in [0.3, 0.4) is 0 Å². The number of anilines is 1. The Balaban J connectivity index is 1.63. The molecule has 0 unspecified atom stereocenters. The quantitative estimate of drug-likeness (QED) is 0.803. The van der Waals surface area contributed by atoms with Crippen LogP contribution in [-0.2, 0) is 17.6 Å². The van der Waals surface area contributed by atoms with Gasteiger partial charge in [-0.05, 0) is 53.3 Å². The maximum Gasteiger partial charge on any atom is 0.228 e. The molecule has 1 aromatic carbocycles. The summed E-state index contributed by atoms with van der Waals surface area (Å²) in [5.74, 6) is 0.118. The molecule has 2 aliphatic rings. The minimum atomic E-state index is 0.118. The number of nitrogens with zero attached hydrogens (tertiary/aromatic N) is 2. The normalized spacial score (nSPS) is 20.0. The number of halogens is 1. The fraction of sp³-hybridized carbons (Fsp3) is 0.533. The van der Waals surface area contributed by atoms with E-state index >= 15 is 0 Å². The highest BCUT2D eigenvalue weighted by Gasteiger charge is 2.20. The molecule has 20 heavy (non-hydrogen) atoms. The minimum absolute atomic E-state index is 0.118. The molecular weight excluding hydrogens is 365 g/mol. The van der Waals surface area contributed by atoms with Crippen molar-refractivity contribution in [3.05, 3.63) is 26.8 Å². The highest BCUT2D eigenvalue weighted by molar-refractivity contribution is 14.1. The number of piperazine rings is 1. The van der Waals surface area contributed by atoms with E-state index in [2.05, 4.69) is 56.9 Å². The van der Waals surface area contributed by atoms with Gasteiger partial charge in [0, 0.05) is 42.0 Å². The van der Waals surface area contributed by atoms with E-state index in [1.807, 2.05) is 0 Å². The average molecular weight is 385 g/mol. The lowest BCUT2D eigenvalue weighted by atomic mass is 10.1. The van der Waals surface area contributed by atoms with Gasteiger partial charge in [-0.25, -0.2) is 0 Å². The first-order valence-electron chi connectivity index (χ1n) is 7.14. The van der Waals surface area contributed by atoms with Gasteiger partial charge < -0.3 is 15.1 Å². The summed E-state index contributed by atoms with van der Waals surface area (Å²) in [6.45, 7) is 5.78. The van der Waals surface area contributed by atoms with Crippen molar-refractivity contribution in [1.82, 2.24) is 9.80 Å². The Morgan fingerprint density at radius 2 is 2.00 bits per heavy atom. The Kier molecular flexibility index (Phi) is 4.28. The van der Waals surface area contributed by atoms with E-state index in [0.29, 0.717) is 6.42 Å². The minimum Gasteiger partial charge on any atom is -0.325 e. The van der Waals surface area contributed by atoms with E-state index in [9.17, 15) is 4.79 Å². The summed E-state index contributed by atoms with van der Waals surface area (Å²) in [6.07, 6.45) is 1.61. The highest BCUT2D eigenvalue weighted by atomic mass is 127. The molecule has 1 fully saturated rings. The molecule has 0 aliphatic carbocycles. The van der Waals surface area contributed by atoms with E-state index in [1.165, 1.54) is 22.2 Å². The largest absolute Gasteiger partial charge is 0.325 e. The predicted molar refractivity (Wildman–Crippen MR) is 89.1 cm³/mol. The summed E-state index contributed by atoms with van der Waals surface area (Å²) >= 11 is 2.38. The number of hydrogen-bond acceptors (Lipinski definition) is 3. The second-order valence-electron chi connectivity index (χ2n) is 5.72. The van der Waals surface area contributed by atoms with E-state index in [4.69, 9.17) is 0 Å². The molecule has 1 N–H and O–H groups in total. The SMILES string of the molecule is CN1CCN(CCc2cc3c(cc2I)NC(=O)C3)CC1. The van der Waals surface area contributed by atoms with Gasteiger partial charge >= 0.3 is 0 Å². The van der Waals surface area contributed by atoms with E-state index in [-0.39, 0.29) is 5.91 Å². The fourth-order valence-electron chi connectivity index (χ4n) is 2.84. The number of carbonyl (C=O) groups excluding carboxylic acids is 1. The number of likely N-dealkylation sites (N-methyl/N-ethyl adjacent to an activating group) is 1. The third kappa shape index (κ3) is 3.15. The number of benzene rings is 1. The second kappa shape index (κ2) is 5.99. The van der Waals surface area contributed by atoms with E-state index in [0.717, 1.165) is 37.3 Å². The van der Waals surface area contributed by atoms with Crippen LogP contribution in [-0.4, -0.2) is 55.5 Å². The zero-order valence-electron chi connectivity index (χ0n) is 11.8. The molecule has 3 rings (SSSR count). The summed E-state index contributed by atoms with van der Waals surface area (Å²) < 4.78 is 1.26. The molecular formula is C15H20IN3O. The monoisotopic (exact) mass is 385 g/mol. The van der Waals surface area contributed by atoms with Crippen LogP contribution in [0.2, 0.25) is 0 Å². The van der Waals surface area contributed by atoms with Crippen molar-refractivity contribution in [1.29, 1.82) is 0 Å². The molecule has 5 heteroatoms. The van der Waals surface area contributed by atoms with Crippen molar-refractivity contribution in [3.8, 4) is 0 Å². The van der Waals surface area contributed by atoms with Crippen molar-refractivity contribution in [2.24, 2.45) is 0 Å². The summed E-state index contributed by atoms with van der Waals surface area (Å²) in [5.41, 5.74) is 3.53. The molecule has 1 saturated heterocycles. The molecule has 0 radical (unpaired) electrons. The van der Waals surface area contributed by atoms with Crippen LogP contribution in [0.5, 0.6) is 0 Å². The molecule has 108 valence electrons. The van der Waals surface area contributed by atoms with Gasteiger partial charge in [0.05, 0.1) is 6.42 Å².